The SMILES string of the molecule is CCNCc1cccc2ccn(CCCS(=O)(=O)CC)c12. The molecule has 1 N–H and O–H groups in total. The molecule has 0 aliphatic heterocycles. The fourth-order valence-corrected chi connectivity index (χ4v) is 3.39. The zero-order valence-corrected chi connectivity index (χ0v) is 13.6. The van der Waals surface area contributed by atoms with Crippen molar-refractivity contribution in [1.82, 2.24) is 9.88 Å². The maximum Gasteiger partial charge on any atom is 0.150 e. The van der Waals surface area contributed by atoms with E-state index in [9.17, 15) is 8.42 Å². The van der Waals surface area contributed by atoms with Crippen molar-refractivity contribution in [3.63, 3.8) is 0 Å². The minimum absolute atomic E-state index is 0.227. The minimum Gasteiger partial charge on any atom is -0.347 e. The third-order valence-electron chi connectivity index (χ3n) is 3.73. The molecule has 116 valence electrons. The van der Waals surface area contributed by atoms with E-state index in [-0.39, 0.29) is 11.5 Å². The number of sulfone groups is 1. The van der Waals surface area contributed by atoms with E-state index >= 15 is 0 Å². The van der Waals surface area contributed by atoms with E-state index in [1.165, 1.54) is 16.5 Å². The lowest BCUT2D eigenvalue weighted by Crippen LogP contribution is -2.14. The quantitative estimate of drug-likeness (QED) is 0.815. The summed E-state index contributed by atoms with van der Waals surface area (Å²) in [5.41, 5.74) is 2.48. The third-order valence-corrected chi connectivity index (χ3v) is 5.52. The van der Waals surface area contributed by atoms with Gasteiger partial charge >= 0.3 is 0 Å². The van der Waals surface area contributed by atoms with Crippen LogP contribution in [0.2, 0.25) is 0 Å². The average molecular weight is 308 g/mol. The molecule has 0 atom stereocenters. The maximum atomic E-state index is 11.6. The second-order valence-electron chi connectivity index (χ2n) is 5.23. The molecule has 0 amide bonds. The summed E-state index contributed by atoms with van der Waals surface area (Å²) in [5.74, 6) is 0.490. The molecule has 21 heavy (non-hydrogen) atoms. The van der Waals surface area contributed by atoms with E-state index in [0.717, 1.165) is 19.6 Å². The molecular weight excluding hydrogens is 284 g/mol. The van der Waals surface area contributed by atoms with Crippen molar-refractivity contribution in [3.05, 3.63) is 36.0 Å². The van der Waals surface area contributed by atoms with Crippen LogP contribution in [0.5, 0.6) is 0 Å². The Morgan fingerprint density at radius 3 is 2.71 bits per heavy atom. The number of aryl methyl sites for hydroxylation is 1. The smallest absolute Gasteiger partial charge is 0.150 e. The van der Waals surface area contributed by atoms with Gasteiger partial charge in [0.05, 0.1) is 11.3 Å². The molecule has 0 aliphatic carbocycles. The molecule has 2 rings (SSSR count). The molecule has 5 heteroatoms. The van der Waals surface area contributed by atoms with Crippen molar-refractivity contribution in [2.75, 3.05) is 18.1 Å². The Hall–Kier alpha value is -1.33. The summed E-state index contributed by atoms with van der Waals surface area (Å²) in [5, 5.41) is 4.57. The van der Waals surface area contributed by atoms with Crippen LogP contribution in [0.15, 0.2) is 30.5 Å². The van der Waals surface area contributed by atoms with Gasteiger partial charge in [-0.3, -0.25) is 0 Å². The van der Waals surface area contributed by atoms with Crippen LogP contribution in [-0.4, -0.2) is 31.0 Å². The van der Waals surface area contributed by atoms with Gasteiger partial charge in [-0.1, -0.05) is 32.0 Å². The van der Waals surface area contributed by atoms with Gasteiger partial charge < -0.3 is 9.88 Å². The summed E-state index contributed by atoms with van der Waals surface area (Å²) in [7, 11) is -2.88. The van der Waals surface area contributed by atoms with E-state index < -0.39 is 9.84 Å². The number of fused-ring (bicyclic) bond motifs is 1. The predicted octanol–water partition coefficient (Wildman–Crippen LogP) is 2.58. The molecule has 0 spiro atoms. The maximum absolute atomic E-state index is 11.6. The monoisotopic (exact) mass is 308 g/mol. The zero-order valence-electron chi connectivity index (χ0n) is 12.8. The van der Waals surface area contributed by atoms with Gasteiger partial charge in [0.1, 0.15) is 9.84 Å². The van der Waals surface area contributed by atoms with Gasteiger partial charge in [0.2, 0.25) is 0 Å². The fourth-order valence-electron chi connectivity index (χ4n) is 2.53. The normalized spacial score (nSPS) is 12.1. The molecule has 1 aromatic heterocycles. The summed E-state index contributed by atoms with van der Waals surface area (Å²) in [6.45, 7) is 6.31. The highest BCUT2D eigenvalue weighted by molar-refractivity contribution is 7.91. The van der Waals surface area contributed by atoms with Gasteiger partial charge in [-0.25, -0.2) is 8.42 Å². The van der Waals surface area contributed by atoms with Crippen molar-refractivity contribution >= 4 is 20.7 Å². The highest BCUT2D eigenvalue weighted by Gasteiger charge is 2.09. The van der Waals surface area contributed by atoms with E-state index in [2.05, 4.69) is 47.3 Å². The van der Waals surface area contributed by atoms with Crippen molar-refractivity contribution in [1.29, 1.82) is 0 Å². The predicted molar refractivity (Wildman–Crippen MR) is 88.3 cm³/mol. The Morgan fingerprint density at radius 2 is 2.00 bits per heavy atom. The van der Waals surface area contributed by atoms with Gasteiger partial charge in [0, 0.05) is 25.0 Å². The van der Waals surface area contributed by atoms with Crippen LogP contribution in [0.1, 0.15) is 25.8 Å². The van der Waals surface area contributed by atoms with Crippen molar-refractivity contribution < 1.29 is 8.42 Å². The Morgan fingerprint density at radius 1 is 1.19 bits per heavy atom. The number of nitrogens with one attached hydrogen (secondary N) is 1. The Kier molecular flexibility index (Phi) is 5.42. The Bertz CT molecular complexity index is 689. The number of nitrogens with zero attached hydrogens (tertiary/aromatic N) is 1. The summed E-state index contributed by atoms with van der Waals surface area (Å²) in [6, 6.07) is 8.40. The first-order valence-electron chi connectivity index (χ1n) is 7.55. The van der Waals surface area contributed by atoms with Gasteiger partial charge in [-0.2, -0.15) is 0 Å². The van der Waals surface area contributed by atoms with Crippen molar-refractivity contribution in [2.45, 2.75) is 33.4 Å². The van der Waals surface area contributed by atoms with E-state index in [4.69, 9.17) is 0 Å². The summed E-state index contributed by atoms with van der Waals surface area (Å²) >= 11 is 0. The molecule has 0 unspecified atom stereocenters. The van der Waals surface area contributed by atoms with Crippen LogP contribution in [0.3, 0.4) is 0 Å². The lowest BCUT2D eigenvalue weighted by molar-refractivity contribution is 0.589. The van der Waals surface area contributed by atoms with Gasteiger partial charge in [0.25, 0.3) is 0 Å². The molecule has 2 aromatic rings. The number of aromatic nitrogens is 1. The topological polar surface area (TPSA) is 51.1 Å². The number of rotatable bonds is 8. The average Bonchev–Trinajstić information content (AvgIpc) is 2.89. The molecular formula is C16H24N2O2S. The highest BCUT2D eigenvalue weighted by Crippen LogP contribution is 2.21. The second-order valence-corrected chi connectivity index (χ2v) is 7.71. The zero-order chi connectivity index (χ0) is 15.3. The van der Waals surface area contributed by atoms with Crippen LogP contribution in [0.4, 0.5) is 0 Å². The Balaban J connectivity index is 2.16. The first-order chi connectivity index (χ1) is 10.1. The largest absolute Gasteiger partial charge is 0.347 e. The molecule has 0 saturated carbocycles. The van der Waals surface area contributed by atoms with E-state index in [1.54, 1.807) is 6.92 Å². The van der Waals surface area contributed by atoms with Crippen molar-refractivity contribution in [3.8, 4) is 0 Å². The molecule has 0 bridgehead atoms. The van der Waals surface area contributed by atoms with E-state index in [1.807, 2.05) is 0 Å². The van der Waals surface area contributed by atoms with Crippen LogP contribution < -0.4 is 5.32 Å². The highest BCUT2D eigenvalue weighted by atomic mass is 32.2. The standard InChI is InChI=1S/C16H24N2O2S/c1-3-17-13-15-8-5-7-14-9-11-18(16(14)15)10-6-12-21(19,20)4-2/h5,7-9,11,17H,3-4,6,10,12-13H2,1-2H3. The fraction of sp³-hybridized carbons (Fsp3) is 0.500. The van der Waals surface area contributed by atoms with Crippen LogP contribution in [-0.2, 0) is 22.9 Å². The molecule has 1 heterocycles. The molecule has 0 fully saturated rings. The molecule has 0 saturated heterocycles. The molecule has 1 aromatic carbocycles. The summed E-state index contributed by atoms with van der Waals surface area (Å²) < 4.78 is 25.3. The first-order valence-corrected chi connectivity index (χ1v) is 9.37. The summed E-state index contributed by atoms with van der Waals surface area (Å²) in [4.78, 5) is 0. The van der Waals surface area contributed by atoms with Crippen LogP contribution in [0.25, 0.3) is 10.9 Å². The number of para-hydroxylation sites is 1. The summed E-state index contributed by atoms with van der Waals surface area (Å²) in [6.07, 6.45) is 2.72. The number of hydrogen-bond donors (Lipinski definition) is 1. The molecule has 0 radical (unpaired) electrons. The van der Waals surface area contributed by atoms with Crippen LogP contribution >= 0.6 is 0 Å². The lowest BCUT2D eigenvalue weighted by atomic mass is 10.1. The lowest BCUT2D eigenvalue weighted by Gasteiger charge is -2.10. The number of hydrogen-bond acceptors (Lipinski definition) is 3. The van der Waals surface area contributed by atoms with Crippen molar-refractivity contribution in [2.24, 2.45) is 0 Å². The molecule has 0 aliphatic rings. The van der Waals surface area contributed by atoms with E-state index in [0.29, 0.717) is 6.42 Å². The minimum atomic E-state index is -2.88. The van der Waals surface area contributed by atoms with Gasteiger partial charge in [-0.05, 0) is 30.0 Å². The van der Waals surface area contributed by atoms with Gasteiger partial charge in [0.15, 0.2) is 0 Å². The first kappa shape index (κ1) is 16.0. The number of benzene rings is 1. The van der Waals surface area contributed by atoms with Gasteiger partial charge in [-0.15, -0.1) is 0 Å². The molecule has 4 nitrogen and oxygen atoms in total. The third kappa shape index (κ3) is 4.08. The van der Waals surface area contributed by atoms with Crippen LogP contribution in [0, 0.1) is 0 Å². The Labute approximate surface area is 127 Å². The second kappa shape index (κ2) is 7.09.